The van der Waals surface area contributed by atoms with Crippen molar-refractivity contribution in [3.05, 3.63) is 39.9 Å². The zero-order valence-electron chi connectivity index (χ0n) is 10.6. The summed E-state index contributed by atoms with van der Waals surface area (Å²) in [4.78, 5) is 24.2. The highest BCUT2D eigenvalue weighted by Gasteiger charge is 2.15. The fourth-order valence-corrected chi connectivity index (χ4v) is 2.18. The number of piperidine rings is 1. The Hall–Kier alpha value is -1.46. The molecule has 0 saturated carbocycles. The SMILES string of the molecule is Cl.O=C(CN1CCCCC1)c1ccc([N+](=O)[O-])cc1. The number of nitrogens with zero attached hydrogens (tertiary/aromatic N) is 2. The summed E-state index contributed by atoms with van der Waals surface area (Å²) in [7, 11) is 0. The second-order valence-corrected chi connectivity index (χ2v) is 4.56. The molecule has 0 aromatic heterocycles. The monoisotopic (exact) mass is 284 g/mol. The highest BCUT2D eigenvalue weighted by molar-refractivity contribution is 5.97. The van der Waals surface area contributed by atoms with Crippen molar-refractivity contribution in [2.24, 2.45) is 0 Å². The summed E-state index contributed by atoms with van der Waals surface area (Å²) in [5.41, 5.74) is 0.565. The van der Waals surface area contributed by atoms with Gasteiger partial charge in [0, 0.05) is 17.7 Å². The summed E-state index contributed by atoms with van der Waals surface area (Å²) in [6.07, 6.45) is 3.53. The first-order valence-electron chi connectivity index (χ1n) is 6.17. The number of carbonyl (C=O) groups is 1. The fourth-order valence-electron chi connectivity index (χ4n) is 2.18. The molecule has 1 fully saturated rings. The quantitative estimate of drug-likeness (QED) is 0.484. The first-order chi connectivity index (χ1) is 8.66. The molecule has 0 spiro atoms. The number of hydrogen-bond donors (Lipinski definition) is 0. The van der Waals surface area contributed by atoms with E-state index in [2.05, 4.69) is 4.90 Å². The molecule has 19 heavy (non-hydrogen) atoms. The molecule has 0 N–H and O–H groups in total. The molecule has 1 saturated heterocycles. The third-order valence-corrected chi connectivity index (χ3v) is 3.22. The summed E-state index contributed by atoms with van der Waals surface area (Å²) in [5, 5.41) is 10.5. The number of ketones is 1. The van der Waals surface area contributed by atoms with Gasteiger partial charge in [0.25, 0.3) is 5.69 Å². The van der Waals surface area contributed by atoms with Gasteiger partial charge in [0.05, 0.1) is 11.5 Å². The van der Waals surface area contributed by atoms with Crippen molar-refractivity contribution >= 4 is 23.9 Å². The van der Waals surface area contributed by atoms with Crippen LogP contribution in [0.1, 0.15) is 29.6 Å². The predicted octanol–water partition coefficient (Wildman–Crippen LogP) is 2.69. The summed E-state index contributed by atoms with van der Waals surface area (Å²) in [6.45, 7) is 2.36. The summed E-state index contributed by atoms with van der Waals surface area (Å²) in [6, 6.07) is 5.82. The van der Waals surface area contributed by atoms with Gasteiger partial charge in [-0.2, -0.15) is 0 Å². The second kappa shape index (κ2) is 7.21. The molecule has 2 rings (SSSR count). The van der Waals surface area contributed by atoms with E-state index in [9.17, 15) is 14.9 Å². The van der Waals surface area contributed by atoms with E-state index in [1.807, 2.05) is 0 Å². The van der Waals surface area contributed by atoms with Crippen LogP contribution in [-0.2, 0) is 0 Å². The third-order valence-electron chi connectivity index (χ3n) is 3.22. The molecule has 0 atom stereocenters. The number of rotatable bonds is 4. The van der Waals surface area contributed by atoms with Gasteiger partial charge in [-0.25, -0.2) is 0 Å². The molecule has 1 aromatic carbocycles. The molecule has 1 aliphatic heterocycles. The number of non-ortho nitro benzene ring substituents is 1. The van der Waals surface area contributed by atoms with E-state index in [1.165, 1.54) is 30.7 Å². The zero-order chi connectivity index (χ0) is 13.0. The molecular weight excluding hydrogens is 268 g/mol. The number of hydrogen-bond acceptors (Lipinski definition) is 4. The van der Waals surface area contributed by atoms with E-state index in [-0.39, 0.29) is 23.9 Å². The summed E-state index contributed by atoms with van der Waals surface area (Å²) >= 11 is 0. The number of nitro groups is 1. The van der Waals surface area contributed by atoms with Crippen LogP contribution in [0.2, 0.25) is 0 Å². The number of Topliss-reactive ketones (excluding diaryl/α,β-unsaturated/α-hetero) is 1. The van der Waals surface area contributed by atoms with Gasteiger partial charge in [-0.05, 0) is 38.1 Å². The molecule has 6 heteroatoms. The average Bonchev–Trinajstić information content (AvgIpc) is 2.40. The van der Waals surface area contributed by atoms with Gasteiger partial charge >= 0.3 is 0 Å². The van der Waals surface area contributed by atoms with Gasteiger partial charge in [0.2, 0.25) is 0 Å². The van der Waals surface area contributed by atoms with Crippen LogP contribution < -0.4 is 0 Å². The van der Waals surface area contributed by atoms with E-state index in [0.29, 0.717) is 12.1 Å². The van der Waals surface area contributed by atoms with Crippen LogP contribution in [0.3, 0.4) is 0 Å². The molecule has 5 nitrogen and oxygen atoms in total. The van der Waals surface area contributed by atoms with Crippen molar-refractivity contribution in [2.45, 2.75) is 19.3 Å². The Morgan fingerprint density at radius 1 is 1.16 bits per heavy atom. The van der Waals surface area contributed by atoms with Crippen LogP contribution in [0.4, 0.5) is 5.69 Å². The lowest BCUT2D eigenvalue weighted by atomic mass is 10.1. The van der Waals surface area contributed by atoms with E-state index in [1.54, 1.807) is 0 Å². The van der Waals surface area contributed by atoms with Crippen LogP contribution >= 0.6 is 12.4 Å². The number of benzene rings is 1. The van der Waals surface area contributed by atoms with Crippen LogP contribution in [0.5, 0.6) is 0 Å². The van der Waals surface area contributed by atoms with Gasteiger partial charge in [-0.15, -0.1) is 12.4 Å². The number of nitro benzene ring substituents is 1. The molecule has 0 aliphatic carbocycles. The summed E-state index contributed by atoms with van der Waals surface area (Å²) < 4.78 is 0. The van der Waals surface area contributed by atoms with E-state index in [0.717, 1.165) is 25.9 Å². The minimum atomic E-state index is -0.459. The van der Waals surface area contributed by atoms with Crippen molar-refractivity contribution in [3.8, 4) is 0 Å². The van der Waals surface area contributed by atoms with E-state index < -0.39 is 4.92 Å². The maximum absolute atomic E-state index is 12.0. The Morgan fingerprint density at radius 3 is 2.26 bits per heavy atom. The van der Waals surface area contributed by atoms with Gasteiger partial charge in [0.1, 0.15) is 0 Å². The van der Waals surface area contributed by atoms with Crippen molar-refractivity contribution in [1.29, 1.82) is 0 Å². The lowest BCUT2D eigenvalue weighted by Gasteiger charge is -2.25. The molecule has 0 radical (unpaired) electrons. The molecular formula is C13H17ClN2O3. The predicted molar refractivity (Wildman–Crippen MR) is 75.0 cm³/mol. The number of carbonyl (C=O) groups excluding carboxylic acids is 1. The molecule has 0 bridgehead atoms. The molecule has 1 heterocycles. The topological polar surface area (TPSA) is 63.5 Å². The van der Waals surface area contributed by atoms with Gasteiger partial charge in [-0.1, -0.05) is 6.42 Å². The lowest BCUT2D eigenvalue weighted by Crippen LogP contribution is -2.34. The van der Waals surface area contributed by atoms with Crippen molar-refractivity contribution < 1.29 is 9.72 Å². The van der Waals surface area contributed by atoms with Crippen molar-refractivity contribution in [1.82, 2.24) is 4.90 Å². The minimum absolute atomic E-state index is 0. The maximum Gasteiger partial charge on any atom is 0.269 e. The van der Waals surface area contributed by atoms with E-state index in [4.69, 9.17) is 0 Å². The smallest absolute Gasteiger partial charge is 0.269 e. The van der Waals surface area contributed by atoms with Gasteiger partial charge in [-0.3, -0.25) is 19.8 Å². The van der Waals surface area contributed by atoms with Crippen LogP contribution in [0.25, 0.3) is 0 Å². The Kier molecular flexibility index (Phi) is 5.92. The normalized spacial score (nSPS) is 15.6. The molecule has 0 unspecified atom stereocenters. The Balaban J connectivity index is 0.00000180. The average molecular weight is 285 g/mol. The Bertz CT molecular complexity index is 442. The largest absolute Gasteiger partial charge is 0.296 e. The van der Waals surface area contributed by atoms with Gasteiger partial charge < -0.3 is 0 Å². The molecule has 104 valence electrons. The standard InChI is InChI=1S/C13H16N2O3.ClH/c16-13(10-14-8-2-1-3-9-14)11-4-6-12(7-5-11)15(17)18;/h4-7H,1-3,8-10H2;1H. The first kappa shape index (κ1) is 15.6. The van der Waals surface area contributed by atoms with E-state index >= 15 is 0 Å². The lowest BCUT2D eigenvalue weighted by molar-refractivity contribution is -0.384. The molecule has 1 aliphatic rings. The highest BCUT2D eigenvalue weighted by atomic mass is 35.5. The third kappa shape index (κ3) is 4.29. The summed E-state index contributed by atoms with van der Waals surface area (Å²) in [5.74, 6) is 0.0341. The maximum atomic E-state index is 12.0. The Labute approximate surface area is 118 Å². The Morgan fingerprint density at radius 2 is 1.74 bits per heavy atom. The van der Waals surface area contributed by atoms with Crippen LogP contribution in [-0.4, -0.2) is 35.2 Å². The van der Waals surface area contributed by atoms with Crippen LogP contribution in [0, 0.1) is 10.1 Å². The minimum Gasteiger partial charge on any atom is -0.296 e. The van der Waals surface area contributed by atoms with Crippen molar-refractivity contribution in [3.63, 3.8) is 0 Å². The van der Waals surface area contributed by atoms with Crippen molar-refractivity contribution in [2.75, 3.05) is 19.6 Å². The fraction of sp³-hybridized carbons (Fsp3) is 0.462. The number of halogens is 1. The molecule has 1 aromatic rings. The highest BCUT2D eigenvalue weighted by Crippen LogP contribution is 2.14. The van der Waals surface area contributed by atoms with Crippen LogP contribution in [0.15, 0.2) is 24.3 Å². The van der Waals surface area contributed by atoms with Gasteiger partial charge in [0.15, 0.2) is 5.78 Å². The second-order valence-electron chi connectivity index (χ2n) is 4.56. The number of likely N-dealkylation sites (tertiary alicyclic amines) is 1. The first-order valence-corrected chi connectivity index (χ1v) is 6.17. The zero-order valence-corrected chi connectivity index (χ0v) is 11.4. The molecule has 0 amide bonds.